The number of hydrogen-bond acceptors (Lipinski definition) is 7. The van der Waals surface area contributed by atoms with Crippen molar-refractivity contribution >= 4 is 40.2 Å². The van der Waals surface area contributed by atoms with Crippen molar-refractivity contribution in [2.45, 2.75) is 39.2 Å². The lowest BCUT2D eigenvalue weighted by Crippen LogP contribution is -2.58. The minimum atomic E-state index is 0.0222. The molecule has 1 N–H and O–H groups in total. The molecule has 2 aromatic heterocycles. The molecule has 0 radical (unpaired) electrons. The van der Waals surface area contributed by atoms with Crippen molar-refractivity contribution in [3.8, 4) is 0 Å². The number of halogens is 1. The highest BCUT2D eigenvalue weighted by Gasteiger charge is 2.33. The van der Waals surface area contributed by atoms with Gasteiger partial charge in [0, 0.05) is 61.3 Å². The smallest absolute Gasteiger partial charge is 0.246 e. The summed E-state index contributed by atoms with van der Waals surface area (Å²) < 4.78 is 0. The van der Waals surface area contributed by atoms with Crippen molar-refractivity contribution in [3.05, 3.63) is 52.8 Å². The number of aryl methyl sites for hydroxylation is 2. The van der Waals surface area contributed by atoms with Gasteiger partial charge in [0.05, 0.1) is 17.4 Å². The van der Waals surface area contributed by atoms with Crippen LogP contribution in [-0.2, 0) is 17.6 Å². The van der Waals surface area contributed by atoms with E-state index < -0.39 is 0 Å². The Hall–Kier alpha value is -3.17. The van der Waals surface area contributed by atoms with Gasteiger partial charge < -0.3 is 19.6 Å². The van der Waals surface area contributed by atoms with Gasteiger partial charge in [-0.3, -0.25) is 9.89 Å². The molecule has 1 aliphatic carbocycles. The monoisotopic (exact) mass is 550 g/mol. The largest absolute Gasteiger partial charge is 0.353 e. The van der Waals surface area contributed by atoms with Gasteiger partial charge >= 0.3 is 0 Å². The van der Waals surface area contributed by atoms with Crippen LogP contribution < -0.4 is 9.80 Å². The Morgan fingerprint density at radius 1 is 1.15 bits per heavy atom. The van der Waals surface area contributed by atoms with Gasteiger partial charge in [0.25, 0.3) is 0 Å². The lowest BCUT2D eigenvalue weighted by atomic mass is 9.88. The number of nitrogens with zero attached hydrogens (tertiary/aromatic N) is 7. The summed E-state index contributed by atoms with van der Waals surface area (Å²) in [5, 5.41) is 8.63. The molecule has 3 aromatic rings. The van der Waals surface area contributed by atoms with Crippen LogP contribution in [0.25, 0.3) is 10.9 Å². The van der Waals surface area contributed by atoms with E-state index in [1.165, 1.54) is 23.8 Å². The number of amides is 1. The second-order valence-electron chi connectivity index (χ2n) is 11.2. The molecule has 3 aliphatic rings. The lowest BCUT2D eigenvalue weighted by molar-refractivity contribution is -0.126. The Morgan fingerprint density at radius 2 is 1.90 bits per heavy atom. The zero-order chi connectivity index (χ0) is 27.7. The molecule has 2 aliphatic heterocycles. The molecule has 10 heteroatoms. The topological polar surface area (TPSA) is 84.5 Å². The number of benzene rings is 1. The molecule has 0 spiro atoms. The van der Waals surface area contributed by atoms with Gasteiger partial charge in [-0.1, -0.05) is 25.1 Å². The maximum atomic E-state index is 11.9. The number of likely N-dealkylation sites (N-methyl/N-ethyl adjacent to an activating group) is 1. The van der Waals surface area contributed by atoms with Crippen molar-refractivity contribution in [3.63, 3.8) is 0 Å². The number of hydrogen-bond donors (Lipinski definition) is 1. The molecule has 1 aromatic carbocycles. The molecule has 4 heterocycles. The van der Waals surface area contributed by atoms with E-state index in [9.17, 15) is 4.79 Å². The van der Waals surface area contributed by atoms with Crippen molar-refractivity contribution in [2.75, 3.05) is 63.2 Å². The third-order valence-electron chi connectivity index (χ3n) is 8.15. The fourth-order valence-corrected chi connectivity index (χ4v) is 5.61. The van der Waals surface area contributed by atoms with Gasteiger partial charge in [-0.05, 0) is 70.0 Å². The minimum absolute atomic E-state index is 0.0222. The van der Waals surface area contributed by atoms with E-state index in [-0.39, 0.29) is 5.91 Å². The number of aromatic amines is 1. The van der Waals surface area contributed by atoms with E-state index in [1.54, 1.807) is 6.20 Å². The van der Waals surface area contributed by atoms with Crippen LogP contribution in [0.3, 0.4) is 0 Å². The van der Waals surface area contributed by atoms with Crippen LogP contribution in [0.1, 0.15) is 30.2 Å². The van der Waals surface area contributed by atoms with Gasteiger partial charge in [-0.25, -0.2) is 4.98 Å². The Labute approximate surface area is 235 Å². The summed E-state index contributed by atoms with van der Waals surface area (Å²) >= 11 is 5.90. The molecule has 1 unspecified atom stereocenters. The zero-order valence-corrected chi connectivity index (χ0v) is 24.2. The molecule has 1 amide bonds. The third-order valence-corrected chi connectivity index (χ3v) is 8.55. The molecule has 0 bridgehead atoms. The Bertz CT molecular complexity index is 1300. The van der Waals surface area contributed by atoms with E-state index in [2.05, 4.69) is 52.5 Å². The molecule has 1 atom stereocenters. The fraction of sp³-hybridized carbons (Fsp3) is 0.517. The van der Waals surface area contributed by atoms with E-state index in [1.807, 2.05) is 24.0 Å². The van der Waals surface area contributed by atoms with Crippen LogP contribution in [0.5, 0.6) is 0 Å². The summed E-state index contributed by atoms with van der Waals surface area (Å²) in [6.45, 7) is 13.0. The number of rotatable bonds is 4. The number of fused-ring (bicyclic) bond motifs is 2. The van der Waals surface area contributed by atoms with Gasteiger partial charge in [0.2, 0.25) is 11.9 Å². The average Bonchev–Trinajstić information content (AvgIpc) is 3.34. The first-order valence-electron chi connectivity index (χ1n) is 13.8. The first-order valence-corrected chi connectivity index (χ1v) is 14.2. The first-order chi connectivity index (χ1) is 18.7. The molecular formula is C29H39ClN8O. The number of nitrogens with one attached hydrogen (secondary N) is 1. The highest BCUT2D eigenvalue weighted by Crippen LogP contribution is 2.34. The van der Waals surface area contributed by atoms with Crippen molar-refractivity contribution in [1.82, 2.24) is 30.0 Å². The number of anilines is 2. The summed E-state index contributed by atoms with van der Waals surface area (Å²) in [6.07, 6.45) is 6.47. The van der Waals surface area contributed by atoms with Crippen LogP contribution in [0.15, 0.2) is 31.0 Å². The van der Waals surface area contributed by atoms with Gasteiger partial charge in [-0.2, -0.15) is 10.1 Å². The van der Waals surface area contributed by atoms with Crippen molar-refractivity contribution in [2.24, 2.45) is 5.92 Å². The molecule has 2 fully saturated rings. The highest BCUT2D eigenvalue weighted by atomic mass is 35.5. The van der Waals surface area contributed by atoms with Crippen molar-refractivity contribution in [1.29, 1.82) is 0 Å². The van der Waals surface area contributed by atoms with Gasteiger partial charge in [0.1, 0.15) is 5.82 Å². The quantitative estimate of drug-likeness (QED) is 0.496. The molecule has 2 saturated heterocycles. The maximum Gasteiger partial charge on any atom is 0.246 e. The molecule has 208 valence electrons. The average molecular weight is 551 g/mol. The number of piperazine rings is 1. The number of carbonyl (C=O) groups is 1. The first kappa shape index (κ1) is 27.4. The normalized spacial score (nSPS) is 19.4. The van der Waals surface area contributed by atoms with Crippen molar-refractivity contribution < 1.29 is 4.79 Å². The van der Waals surface area contributed by atoms with E-state index in [0.29, 0.717) is 12.0 Å². The summed E-state index contributed by atoms with van der Waals surface area (Å²) in [5.74, 6) is 2.68. The predicted octanol–water partition coefficient (Wildman–Crippen LogP) is 3.71. The van der Waals surface area contributed by atoms with Crippen LogP contribution in [0.4, 0.5) is 11.8 Å². The summed E-state index contributed by atoms with van der Waals surface area (Å²) in [4.78, 5) is 30.7. The van der Waals surface area contributed by atoms with E-state index >= 15 is 0 Å². The van der Waals surface area contributed by atoms with Crippen LogP contribution in [0, 0.1) is 12.8 Å². The fourth-order valence-electron chi connectivity index (χ4n) is 5.44. The predicted molar refractivity (Wildman–Crippen MR) is 158 cm³/mol. The highest BCUT2D eigenvalue weighted by molar-refractivity contribution is 6.32. The number of H-pyrrole nitrogens is 1. The van der Waals surface area contributed by atoms with Crippen LogP contribution in [-0.4, -0.2) is 95.3 Å². The molecule has 9 nitrogen and oxygen atoms in total. The Morgan fingerprint density at radius 3 is 2.59 bits per heavy atom. The van der Waals surface area contributed by atoms with E-state index in [4.69, 9.17) is 21.6 Å². The van der Waals surface area contributed by atoms with Crippen LogP contribution >= 0.6 is 11.6 Å². The molecule has 39 heavy (non-hydrogen) atoms. The minimum Gasteiger partial charge on any atom is -0.353 e. The summed E-state index contributed by atoms with van der Waals surface area (Å²) in [5.41, 5.74) is 4.67. The molecule has 0 saturated carbocycles. The molecular weight excluding hydrogens is 512 g/mol. The Balaban J connectivity index is 0.000000233. The maximum absolute atomic E-state index is 11.9. The second kappa shape index (κ2) is 11.5. The second-order valence-corrected chi connectivity index (χ2v) is 11.6. The third kappa shape index (κ3) is 5.89. The number of carbonyl (C=O) groups excluding carboxylic acids is 1. The standard InChI is InChI=1S/C21H32N6O.C8H7ClN2/c1-5-19(28)25-8-10-26(11-9-25)20-17-12-15(2)6-7-18(17)22-21(23-20)27-13-16(14-27)24(3)4;1-5-2-8-6(3-7(5)9)4-10-11-8/h5,15-16H,1,6-14H2,2-4H3;2-4H,1H3,(H,10,11). The molecule has 6 rings (SSSR count). The zero-order valence-electron chi connectivity index (χ0n) is 23.5. The van der Waals surface area contributed by atoms with E-state index in [0.717, 1.165) is 85.4 Å². The van der Waals surface area contributed by atoms with Crippen LogP contribution in [0.2, 0.25) is 5.02 Å². The SMILES string of the molecule is C=CC(=O)N1CCN(c2nc(N3CC(N(C)C)C3)nc3c2CC(C)CC3)CC1.Cc1cc2[nH]ncc2cc1Cl. The lowest BCUT2D eigenvalue weighted by Gasteiger charge is -2.43. The summed E-state index contributed by atoms with van der Waals surface area (Å²) in [6, 6.07) is 4.48. The Kier molecular flexibility index (Phi) is 8.09. The van der Waals surface area contributed by atoms with Gasteiger partial charge in [0.15, 0.2) is 0 Å². The van der Waals surface area contributed by atoms with Gasteiger partial charge in [-0.15, -0.1) is 0 Å². The summed E-state index contributed by atoms with van der Waals surface area (Å²) in [7, 11) is 4.26. The number of aromatic nitrogens is 4.